The van der Waals surface area contributed by atoms with Gasteiger partial charge in [-0.1, -0.05) is 12.1 Å². The van der Waals surface area contributed by atoms with Crippen molar-refractivity contribution in [2.75, 3.05) is 17.7 Å². The Morgan fingerprint density at radius 3 is 2.59 bits per heavy atom. The summed E-state index contributed by atoms with van der Waals surface area (Å²) in [5.41, 5.74) is 2.37. The average Bonchev–Trinajstić information content (AvgIpc) is 2.75. The lowest BCUT2D eigenvalue weighted by Crippen LogP contribution is -2.20. The van der Waals surface area contributed by atoms with E-state index in [2.05, 4.69) is 33.2 Å². The van der Waals surface area contributed by atoms with E-state index in [9.17, 15) is 4.79 Å². The van der Waals surface area contributed by atoms with Crippen molar-refractivity contribution in [3.05, 3.63) is 43.8 Å². The van der Waals surface area contributed by atoms with Crippen LogP contribution in [0.2, 0.25) is 0 Å². The molecule has 0 bridgehead atoms. The number of thiophene rings is 1. The van der Waals surface area contributed by atoms with Gasteiger partial charge in [-0.05, 0) is 66.4 Å². The average molecular weight is 446 g/mol. The molecule has 2 aromatic rings. The van der Waals surface area contributed by atoms with Gasteiger partial charge in [-0.15, -0.1) is 11.3 Å². The molecule has 22 heavy (non-hydrogen) atoms. The van der Waals surface area contributed by atoms with Crippen LogP contribution >= 0.6 is 46.1 Å². The number of nitrogens with one attached hydrogen (secondary N) is 2. The molecule has 0 fully saturated rings. The summed E-state index contributed by atoms with van der Waals surface area (Å²) < 4.78 is 5.92. The third-order valence-corrected chi connectivity index (χ3v) is 5.39. The zero-order valence-corrected chi connectivity index (χ0v) is 16.1. The molecule has 0 aliphatic carbocycles. The first kappa shape index (κ1) is 17.2. The maximum Gasteiger partial charge on any atom is 0.341 e. The number of thiocarbonyl (C=S) groups is 1. The number of carbonyl (C=O) groups excluding carboxylic acids is 1. The monoisotopic (exact) mass is 446 g/mol. The summed E-state index contributed by atoms with van der Waals surface area (Å²) in [5, 5.41) is 7.38. The van der Waals surface area contributed by atoms with Crippen LogP contribution in [0.4, 0.5) is 10.7 Å². The first-order valence-electron chi connectivity index (χ1n) is 6.45. The lowest BCUT2D eigenvalue weighted by Gasteiger charge is -2.11. The first-order chi connectivity index (χ1) is 10.4. The van der Waals surface area contributed by atoms with E-state index in [4.69, 9.17) is 17.0 Å². The number of methoxy groups -OCH3 is 1. The molecule has 0 atom stereocenters. The van der Waals surface area contributed by atoms with Crippen LogP contribution in [-0.4, -0.2) is 18.2 Å². The maximum absolute atomic E-state index is 11.9. The molecule has 0 amide bonds. The second-order valence-electron chi connectivity index (χ2n) is 4.54. The predicted octanol–water partition coefficient (Wildman–Crippen LogP) is 4.57. The fourth-order valence-electron chi connectivity index (χ4n) is 1.88. The molecule has 0 aliphatic heterocycles. The van der Waals surface area contributed by atoms with Crippen molar-refractivity contribution in [2.24, 2.45) is 0 Å². The zero-order chi connectivity index (χ0) is 16.3. The van der Waals surface area contributed by atoms with Crippen LogP contribution < -0.4 is 10.6 Å². The summed E-state index contributed by atoms with van der Waals surface area (Å²) in [6, 6.07) is 7.84. The van der Waals surface area contributed by atoms with Crippen molar-refractivity contribution < 1.29 is 9.53 Å². The van der Waals surface area contributed by atoms with E-state index in [0.29, 0.717) is 15.7 Å². The van der Waals surface area contributed by atoms with Crippen molar-refractivity contribution in [1.82, 2.24) is 0 Å². The van der Waals surface area contributed by atoms with E-state index in [-0.39, 0.29) is 5.97 Å². The standard InChI is InChI=1S/C15H15IN2O2S2/c1-8-9(2)22-13(12(8)14(19)20-3)18-15(21)17-11-7-5-4-6-10(11)16/h4-7H,1-3H3,(H2,17,18,21). The second-order valence-corrected chi connectivity index (χ2v) is 7.33. The van der Waals surface area contributed by atoms with Crippen LogP contribution in [0.25, 0.3) is 0 Å². The lowest BCUT2D eigenvalue weighted by molar-refractivity contribution is 0.0601. The highest BCUT2D eigenvalue weighted by Crippen LogP contribution is 2.33. The molecule has 0 unspecified atom stereocenters. The van der Waals surface area contributed by atoms with Crippen molar-refractivity contribution in [3.8, 4) is 0 Å². The second kappa shape index (κ2) is 7.38. The van der Waals surface area contributed by atoms with Crippen LogP contribution in [0.1, 0.15) is 20.8 Å². The Bertz CT molecular complexity index is 728. The molecule has 1 aromatic heterocycles. The summed E-state index contributed by atoms with van der Waals surface area (Å²) in [5.74, 6) is -0.360. The highest BCUT2D eigenvalue weighted by molar-refractivity contribution is 14.1. The summed E-state index contributed by atoms with van der Waals surface area (Å²) in [7, 11) is 1.38. The van der Waals surface area contributed by atoms with Crippen LogP contribution in [0, 0.1) is 17.4 Å². The van der Waals surface area contributed by atoms with Gasteiger partial charge >= 0.3 is 5.97 Å². The fraction of sp³-hybridized carbons (Fsp3) is 0.200. The minimum atomic E-state index is -0.360. The molecule has 2 rings (SSSR count). The Balaban J connectivity index is 2.21. The number of halogens is 1. The number of carbonyl (C=O) groups is 1. The van der Waals surface area contributed by atoms with Crippen molar-refractivity contribution in [2.45, 2.75) is 13.8 Å². The maximum atomic E-state index is 11.9. The quantitative estimate of drug-likeness (QED) is 0.411. The Morgan fingerprint density at radius 2 is 1.95 bits per heavy atom. The van der Waals surface area contributed by atoms with Gasteiger partial charge in [0.25, 0.3) is 0 Å². The van der Waals surface area contributed by atoms with Crippen LogP contribution in [-0.2, 0) is 4.74 Å². The van der Waals surface area contributed by atoms with Gasteiger partial charge in [0, 0.05) is 8.45 Å². The van der Waals surface area contributed by atoms with Crippen LogP contribution in [0.5, 0.6) is 0 Å². The largest absolute Gasteiger partial charge is 0.465 e. The molecule has 4 nitrogen and oxygen atoms in total. The summed E-state index contributed by atoms with van der Waals surface area (Å²) >= 11 is 9.06. The molecule has 0 spiro atoms. The smallest absolute Gasteiger partial charge is 0.341 e. The van der Waals surface area contributed by atoms with E-state index in [1.54, 1.807) is 0 Å². The van der Waals surface area contributed by atoms with E-state index >= 15 is 0 Å². The zero-order valence-electron chi connectivity index (χ0n) is 12.3. The van der Waals surface area contributed by atoms with Gasteiger partial charge in [0.1, 0.15) is 5.00 Å². The Morgan fingerprint density at radius 1 is 1.27 bits per heavy atom. The minimum absolute atomic E-state index is 0.360. The number of hydrogen-bond donors (Lipinski definition) is 2. The van der Waals surface area contributed by atoms with Gasteiger partial charge in [-0.3, -0.25) is 0 Å². The summed E-state index contributed by atoms with van der Waals surface area (Å²) in [6.07, 6.45) is 0. The van der Waals surface area contributed by atoms with E-state index in [0.717, 1.165) is 19.7 Å². The van der Waals surface area contributed by atoms with Gasteiger partial charge in [-0.2, -0.15) is 0 Å². The van der Waals surface area contributed by atoms with E-state index < -0.39 is 0 Å². The highest BCUT2D eigenvalue weighted by Gasteiger charge is 2.20. The van der Waals surface area contributed by atoms with Crippen molar-refractivity contribution >= 4 is 67.9 Å². The van der Waals surface area contributed by atoms with Crippen LogP contribution in [0.15, 0.2) is 24.3 Å². The van der Waals surface area contributed by atoms with Gasteiger partial charge in [-0.25, -0.2) is 4.79 Å². The van der Waals surface area contributed by atoms with E-state index in [1.165, 1.54) is 18.4 Å². The molecule has 116 valence electrons. The molecule has 0 saturated heterocycles. The van der Waals surface area contributed by atoms with Gasteiger partial charge in [0.2, 0.25) is 0 Å². The normalized spacial score (nSPS) is 10.2. The third kappa shape index (κ3) is 3.76. The number of aryl methyl sites for hydroxylation is 1. The fourth-order valence-corrected chi connectivity index (χ4v) is 3.73. The number of ether oxygens (including phenoxy) is 1. The molecule has 0 saturated carbocycles. The SMILES string of the molecule is COC(=O)c1c(NC(=S)Nc2ccccc2I)sc(C)c1C. The van der Waals surface area contributed by atoms with Gasteiger partial charge < -0.3 is 15.4 Å². The topological polar surface area (TPSA) is 50.4 Å². The number of esters is 1. The predicted molar refractivity (Wildman–Crippen MR) is 104 cm³/mol. The molecule has 1 heterocycles. The number of anilines is 2. The number of para-hydroxylation sites is 1. The number of benzene rings is 1. The number of hydrogen-bond acceptors (Lipinski definition) is 4. The molecular formula is C15H15IN2O2S2. The molecular weight excluding hydrogens is 431 g/mol. The van der Waals surface area contributed by atoms with Crippen molar-refractivity contribution in [1.29, 1.82) is 0 Å². The van der Waals surface area contributed by atoms with E-state index in [1.807, 2.05) is 38.1 Å². The first-order valence-corrected chi connectivity index (χ1v) is 8.75. The third-order valence-electron chi connectivity index (χ3n) is 3.12. The minimum Gasteiger partial charge on any atom is -0.465 e. The molecule has 0 radical (unpaired) electrons. The Labute approximate surface area is 152 Å². The summed E-state index contributed by atoms with van der Waals surface area (Å²) in [4.78, 5) is 13.0. The molecule has 2 N–H and O–H groups in total. The summed E-state index contributed by atoms with van der Waals surface area (Å²) in [6.45, 7) is 3.87. The Hall–Kier alpha value is -1.19. The van der Waals surface area contributed by atoms with Crippen molar-refractivity contribution in [3.63, 3.8) is 0 Å². The molecule has 0 aliphatic rings. The van der Waals surface area contributed by atoms with Crippen LogP contribution in [0.3, 0.4) is 0 Å². The Kier molecular flexibility index (Phi) is 5.76. The highest BCUT2D eigenvalue weighted by atomic mass is 127. The molecule has 1 aromatic carbocycles. The molecule has 7 heteroatoms. The van der Waals surface area contributed by atoms with Gasteiger partial charge in [0.15, 0.2) is 5.11 Å². The van der Waals surface area contributed by atoms with Gasteiger partial charge in [0.05, 0.1) is 18.4 Å². The number of rotatable bonds is 3. The lowest BCUT2D eigenvalue weighted by atomic mass is 10.1.